The van der Waals surface area contributed by atoms with Crippen LogP contribution in [0.3, 0.4) is 0 Å². The topological polar surface area (TPSA) is 72.4 Å². The summed E-state index contributed by atoms with van der Waals surface area (Å²) in [6.45, 7) is 1.44. The summed E-state index contributed by atoms with van der Waals surface area (Å²) in [4.78, 5) is 12.4. The molecule has 0 bridgehead atoms. The minimum atomic E-state index is -4.51. The van der Waals surface area contributed by atoms with Crippen molar-refractivity contribution in [1.82, 2.24) is 19.9 Å². The number of halogens is 4. The number of furan rings is 1. The molecule has 0 saturated heterocycles. The first kappa shape index (κ1) is 18.0. The van der Waals surface area contributed by atoms with Gasteiger partial charge in [-0.15, -0.1) is 10.2 Å². The Bertz CT molecular complexity index is 1210. The second kappa shape index (κ2) is 6.32. The molecule has 4 aromatic rings. The van der Waals surface area contributed by atoms with Gasteiger partial charge in [-0.1, -0.05) is 0 Å². The first-order chi connectivity index (χ1) is 13.2. The van der Waals surface area contributed by atoms with Gasteiger partial charge in [0.15, 0.2) is 17.2 Å². The van der Waals surface area contributed by atoms with Gasteiger partial charge in [0.2, 0.25) is 0 Å². The van der Waals surface area contributed by atoms with Crippen LogP contribution in [0, 0.1) is 12.7 Å². The number of aromatic nitrogens is 3. The molecule has 3 heterocycles. The van der Waals surface area contributed by atoms with Crippen LogP contribution in [-0.4, -0.2) is 20.5 Å². The van der Waals surface area contributed by atoms with Crippen molar-refractivity contribution in [3.63, 3.8) is 0 Å². The molecule has 0 aliphatic rings. The molecule has 3 aromatic heterocycles. The van der Waals surface area contributed by atoms with Gasteiger partial charge in [-0.25, -0.2) is 4.39 Å². The fraction of sp³-hybridized carbons (Fsp3) is 0.167. The van der Waals surface area contributed by atoms with Crippen LogP contribution >= 0.6 is 0 Å². The van der Waals surface area contributed by atoms with Gasteiger partial charge >= 0.3 is 6.18 Å². The van der Waals surface area contributed by atoms with Crippen molar-refractivity contribution in [2.45, 2.75) is 19.6 Å². The largest absolute Gasteiger partial charge is 0.451 e. The second-order valence-electron chi connectivity index (χ2n) is 6.14. The van der Waals surface area contributed by atoms with E-state index < -0.39 is 23.5 Å². The summed E-state index contributed by atoms with van der Waals surface area (Å²) in [5.74, 6) is -0.948. The van der Waals surface area contributed by atoms with Crippen molar-refractivity contribution in [2.75, 3.05) is 0 Å². The van der Waals surface area contributed by atoms with Crippen LogP contribution in [0.25, 0.3) is 16.6 Å². The number of pyridine rings is 1. The molecule has 0 saturated carbocycles. The molecule has 28 heavy (non-hydrogen) atoms. The van der Waals surface area contributed by atoms with E-state index in [1.54, 1.807) is 6.92 Å². The Hall–Kier alpha value is -3.43. The Balaban J connectivity index is 1.59. The first-order valence-electron chi connectivity index (χ1n) is 8.12. The van der Waals surface area contributed by atoms with Gasteiger partial charge in [0.25, 0.3) is 5.91 Å². The van der Waals surface area contributed by atoms with Gasteiger partial charge in [0, 0.05) is 17.1 Å². The maximum absolute atomic E-state index is 13.4. The molecule has 0 unspecified atom stereocenters. The van der Waals surface area contributed by atoms with Gasteiger partial charge < -0.3 is 9.73 Å². The predicted octanol–water partition coefficient (Wildman–Crippen LogP) is 3.87. The zero-order valence-corrected chi connectivity index (χ0v) is 14.3. The number of nitrogens with zero attached hydrogens (tertiary/aromatic N) is 3. The summed E-state index contributed by atoms with van der Waals surface area (Å²) in [5.41, 5.74) is 0.166. The van der Waals surface area contributed by atoms with Gasteiger partial charge in [-0.2, -0.15) is 13.2 Å². The van der Waals surface area contributed by atoms with E-state index in [4.69, 9.17) is 4.42 Å². The molecule has 0 radical (unpaired) electrons. The smallest absolute Gasteiger partial charge is 0.417 e. The fourth-order valence-electron chi connectivity index (χ4n) is 2.88. The molecule has 0 fully saturated rings. The maximum atomic E-state index is 13.4. The summed E-state index contributed by atoms with van der Waals surface area (Å²) in [6.07, 6.45) is -3.65. The molecule has 10 heteroatoms. The molecule has 0 aliphatic carbocycles. The average molecular weight is 392 g/mol. The first-order valence-corrected chi connectivity index (χ1v) is 8.12. The molecule has 0 atom stereocenters. The van der Waals surface area contributed by atoms with Crippen molar-refractivity contribution in [3.8, 4) is 0 Å². The lowest BCUT2D eigenvalue weighted by Crippen LogP contribution is -2.24. The van der Waals surface area contributed by atoms with Crippen LogP contribution in [0.15, 0.2) is 40.9 Å². The fourth-order valence-corrected chi connectivity index (χ4v) is 2.88. The number of amides is 1. The number of fused-ring (bicyclic) bond motifs is 2. The van der Waals surface area contributed by atoms with Crippen LogP contribution in [0.2, 0.25) is 0 Å². The van der Waals surface area contributed by atoms with Crippen LogP contribution in [0.5, 0.6) is 0 Å². The Labute approximate surface area is 154 Å². The summed E-state index contributed by atoms with van der Waals surface area (Å²) in [5, 5.41) is 10.6. The average Bonchev–Trinajstić information content (AvgIpc) is 3.20. The highest BCUT2D eigenvalue weighted by atomic mass is 19.4. The zero-order valence-electron chi connectivity index (χ0n) is 14.3. The third kappa shape index (κ3) is 3.06. The molecular formula is C18H12F4N4O2. The van der Waals surface area contributed by atoms with Gasteiger partial charge in [-0.3, -0.25) is 9.20 Å². The molecule has 1 N–H and O–H groups in total. The lowest BCUT2D eigenvalue weighted by atomic mass is 10.1. The Kier molecular flexibility index (Phi) is 4.06. The molecule has 6 nitrogen and oxygen atoms in total. The normalized spacial score (nSPS) is 12.0. The Morgan fingerprint density at radius 3 is 2.75 bits per heavy atom. The molecule has 1 aromatic carbocycles. The third-order valence-corrected chi connectivity index (χ3v) is 4.31. The molecule has 0 aliphatic heterocycles. The van der Waals surface area contributed by atoms with E-state index in [9.17, 15) is 22.4 Å². The highest BCUT2D eigenvalue weighted by molar-refractivity contribution is 5.98. The van der Waals surface area contributed by atoms with E-state index in [2.05, 4.69) is 15.5 Å². The number of carbonyl (C=O) groups is 1. The van der Waals surface area contributed by atoms with Crippen LogP contribution in [0.1, 0.15) is 27.5 Å². The van der Waals surface area contributed by atoms with E-state index in [1.165, 1.54) is 24.3 Å². The quantitative estimate of drug-likeness (QED) is 0.537. The van der Waals surface area contributed by atoms with E-state index in [-0.39, 0.29) is 23.8 Å². The van der Waals surface area contributed by atoms with Crippen molar-refractivity contribution in [3.05, 3.63) is 65.1 Å². The number of hydrogen-bond acceptors (Lipinski definition) is 4. The highest BCUT2D eigenvalue weighted by Gasteiger charge is 2.31. The van der Waals surface area contributed by atoms with E-state index in [0.717, 1.165) is 16.7 Å². The van der Waals surface area contributed by atoms with Crippen LogP contribution < -0.4 is 5.32 Å². The standard InChI is InChI=1S/C18H12F4N4O2/c1-9-12-6-11(19)3-4-13(12)28-16(9)17(27)23-7-15-25-24-14-5-2-10(8-26(14)15)18(20,21)22/h2-6,8H,7H2,1H3,(H,23,27). The van der Waals surface area contributed by atoms with Crippen LogP contribution in [-0.2, 0) is 12.7 Å². The van der Waals surface area contributed by atoms with Gasteiger partial charge in [-0.05, 0) is 37.3 Å². The van der Waals surface area contributed by atoms with Crippen molar-refractivity contribution >= 4 is 22.5 Å². The summed E-state index contributed by atoms with van der Waals surface area (Å²) in [6, 6.07) is 5.99. The lowest BCUT2D eigenvalue weighted by Gasteiger charge is -2.08. The van der Waals surface area contributed by atoms with Gasteiger partial charge in [0.1, 0.15) is 11.4 Å². The van der Waals surface area contributed by atoms with E-state index >= 15 is 0 Å². The lowest BCUT2D eigenvalue weighted by molar-refractivity contribution is -0.137. The minimum absolute atomic E-state index is 0.00889. The second-order valence-corrected chi connectivity index (χ2v) is 6.14. The van der Waals surface area contributed by atoms with E-state index in [1.807, 2.05) is 0 Å². The Morgan fingerprint density at radius 2 is 2.00 bits per heavy atom. The third-order valence-electron chi connectivity index (χ3n) is 4.31. The number of benzene rings is 1. The van der Waals surface area contributed by atoms with E-state index in [0.29, 0.717) is 16.5 Å². The summed E-state index contributed by atoms with van der Waals surface area (Å²) in [7, 11) is 0. The molecular weight excluding hydrogens is 380 g/mol. The minimum Gasteiger partial charge on any atom is -0.451 e. The van der Waals surface area contributed by atoms with Crippen molar-refractivity contribution < 1.29 is 26.8 Å². The summed E-state index contributed by atoms with van der Waals surface area (Å²) >= 11 is 0. The van der Waals surface area contributed by atoms with Gasteiger partial charge in [0.05, 0.1) is 12.1 Å². The number of aryl methyl sites for hydroxylation is 1. The SMILES string of the molecule is Cc1c(C(=O)NCc2nnc3ccc(C(F)(F)F)cn23)oc2ccc(F)cc12. The molecule has 4 rings (SSSR count). The number of rotatable bonds is 3. The van der Waals surface area contributed by atoms with Crippen molar-refractivity contribution in [1.29, 1.82) is 0 Å². The van der Waals surface area contributed by atoms with Crippen LogP contribution in [0.4, 0.5) is 17.6 Å². The predicted molar refractivity (Wildman–Crippen MR) is 90.1 cm³/mol. The zero-order chi connectivity index (χ0) is 20.1. The number of carbonyl (C=O) groups excluding carboxylic acids is 1. The molecule has 1 amide bonds. The Morgan fingerprint density at radius 1 is 1.21 bits per heavy atom. The maximum Gasteiger partial charge on any atom is 0.417 e. The number of hydrogen-bond donors (Lipinski definition) is 1. The highest BCUT2D eigenvalue weighted by Crippen LogP contribution is 2.29. The monoisotopic (exact) mass is 392 g/mol. The molecule has 144 valence electrons. The van der Waals surface area contributed by atoms with Crippen molar-refractivity contribution in [2.24, 2.45) is 0 Å². The summed E-state index contributed by atoms with van der Waals surface area (Å²) < 4.78 is 58.7. The number of alkyl halides is 3. The molecule has 0 spiro atoms. The number of nitrogens with one attached hydrogen (secondary N) is 1.